The number of aliphatic hydroxyl groups excluding tert-OH is 1. The Kier molecular flexibility index (Phi) is 4.33. The summed E-state index contributed by atoms with van der Waals surface area (Å²) in [6.07, 6.45) is 6.22. The molecule has 5 heterocycles. The first kappa shape index (κ1) is 17.3. The smallest absolute Gasteiger partial charge is 0.250 e. The minimum absolute atomic E-state index is 0.0670. The number of pyridine rings is 1. The Bertz CT molecular complexity index is 1040. The molecule has 0 aromatic carbocycles. The predicted molar refractivity (Wildman–Crippen MR) is 102 cm³/mol. The van der Waals surface area contributed by atoms with E-state index >= 15 is 0 Å². The predicted octanol–water partition coefficient (Wildman–Crippen LogP) is 2.01. The average Bonchev–Trinajstić information content (AvgIpc) is 3.17. The number of hydrogen-bond acceptors (Lipinski definition) is 6. The molecule has 7 nitrogen and oxygen atoms in total. The van der Waals surface area contributed by atoms with Crippen molar-refractivity contribution in [1.82, 2.24) is 19.4 Å². The van der Waals surface area contributed by atoms with Crippen LogP contribution in [0.1, 0.15) is 29.6 Å². The third-order valence-electron chi connectivity index (χ3n) is 5.79. The van der Waals surface area contributed by atoms with E-state index in [0.29, 0.717) is 18.2 Å². The number of likely N-dealkylation sites (tertiary alicyclic amines) is 1. The van der Waals surface area contributed by atoms with Crippen molar-refractivity contribution in [3.63, 3.8) is 0 Å². The number of piperidine rings is 1. The molecule has 7 heteroatoms. The van der Waals surface area contributed by atoms with Gasteiger partial charge in [-0.05, 0) is 30.5 Å². The van der Waals surface area contributed by atoms with Gasteiger partial charge in [-0.15, -0.1) is 0 Å². The largest absolute Gasteiger partial charge is 0.462 e. The Labute approximate surface area is 162 Å². The van der Waals surface area contributed by atoms with Crippen LogP contribution in [0.15, 0.2) is 52.2 Å². The van der Waals surface area contributed by atoms with Crippen LogP contribution in [0, 0.1) is 5.92 Å². The minimum Gasteiger partial charge on any atom is -0.462 e. The zero-order valence-corrected chi connectivity index (χ0v) is 15.5. The molecule has 3 aromatic heterocycles. The molecule has 2 aliphatic heterocycles. The van der Waals surface area contributed by atoms with Crippen LogP contribution >= 0.6 is 0 Å². The topological polar surface area (TPSA) is 84.4 Å². The SMILES string of the molecule is O=c1ccc(-c2cncnc2)c2n1CC1CC2CN(Cc2ccc(CO)o2)C1. The lowest BCUT2D eigenvalue weighted by atomic mass is 9.80. The van der Waals surface area contributed by atoms with Crippen LogP contribution in [-0.2, 0) is 19.7 Å². The van der Waals surface area contributed by atoms with Crippen LogP contribution in [0.5, 0.6) is 0 Å². The van der Waals surface area contributed by atoms with Crippen LogP contribution in [0.4, 0.5) is 0 Å². The molecule has 2 unspecified atom stereocenters. The maximum atomic E-state index is 12.6. The van der Waals surface area contributed by atoms with E-state index in [9.17, 15) is 9.90 Å². The minimum atomic E-state index is -0.0793. The molecule has 2 aliphatic rings. The third kappa shape index (κ3) is 3.06. The molecule has 144 valence electrons. The zero-order chi connectivity index (χ0) is 19.1. The van der Waals surface area contributed by atoms with Crippen LogP contribution in [0.25, 0.3) is 11.1 Å². The van der Waals surface area contributed by atoms with E-state index in [-0.39, 0.29) is 18.1 Å². The van der Waals surface area contributed by atoms with Gasteiger partial charge in [0.2, 0.25) is 0 Å². The van der Waals surface area contributed by atoms with E-state index in [2.05, 4.69) is 14.9 Å². The maximum Gasteiger partial charge on any atom is 0.250 e. The lowest BCUT2D eigenvalue weighted by Gasteiger charge is -2.43. The molecular weight excluding hydrogens is 356 g/mol. The quantitative estimate of drug-likeness (QED) is 0.748. The molecule has 2 bridgehead atoms. The fourth-order valence-corrected chi connectivity index (χ4v) is 4.74. The van der Waals surface area contributed by atoms with Crippen LogP contribution in [0.3, 0.4) is 0 Å². The molecule has 0 saturated carbocycles. The van der Waals surface area contributed by atoms with Crippen molar-refractivity contribution < 1.29 is 9.52 Å². The molecule has 0 amide bonds. The summed E-state index contributed by atoms with van der Waals surface area (Å²) < 4.78 is 7.63. The molecule has 0 radical (unpaired) electrons. The molecule has 1 N–H and O–H groups in total. The first-order chi connectivity index (χ1) is 13.7. The fourth-order valence-electron chi connectivity index (χ4n) is 4.74. The molecule has 1 fully saturated rings. The van der Waals surface area contributed by atoms with E-state index in [1.807, 2.05) is 22.8 Å². The second-order valence-corrected chi connectivity index (χ2v) is 7.73. The summed E-state index contributed by atoms with van der Waals surface area (Å²) in [5.41, 5.74) is 3.16. The monoisotopic (exact) mass is 378 g/mol. The first-order valence-electron chi connectivity index (χ1n) is 9.61. The molecule has 3 aromatic rings. The number of aliphatic hydroxyl groups is 1. The van der Waals surface area contributed by atoms with Gasteiger partial charge >= 0.3 is 0 Å². The molecule has 5 rings (SSSR count). The van der Waals surface area contributed by atoms with Gasteiger partial charge in [0.05, 0.1) is 6.54 Å². The van der Waals surface area contributed by atoms with E-state index < -0.39 is 0 Å². The Balaban J connectivity index is 1.48. The van der Waals surface area contributed by atoms with Gasteiger partial charge in [-0.3, -0.25) is 9.69 Å². The van der Waals surface area contributed by atoms with E-state index in [1.54, 1.807) is 18.5 Å². The maximum absolute atomic E-state index is 12.6. The van der Waals surface area contributed by atoms with Crippen molar-refractivity contribution in [3.8, 4) is 11.1 Å². The summed E-state index contributed by atoms with van der Waals surface area (Å²) in [7, 11) is 0. The van der Waals surface area contributed by atoms with Crippen LogP contribution < -0.4 is 5.56 Å². The summed E-state index contributed by atoms with van der Waals surface area (Å²) in [6.45, 7) is 3.19. The standard InChI is InChI=1S/C21H22N4O3/c26-12-18-2-1-17(28-18)11-24-8-14-5-15(10-24)21-19(16-6-22-13-23-7-16)3-4-20(27)25(21)9-14/h1-4,6-7,13-15,26H,5,8-12H2. The summed E-state index contributed by atoms with van der Waals surface area (Å²) >= 11 is 0. The summed E-state index contributed by atoms with van der Waals surface area (Å²) in [5.74, 6) is 2.18. The van der Waals surface area contributed by atoms with Gasteiger partial charge in [0, 0.05) is 60.8 Å². The van der Waals surface area contributed by atoms with Crippen molar-refractivity contribution in [2.24, 2.45) is 5.92 Å². The van der Waals surface area contributed by atoms with Gasteiger partial charge < -0.3 is 14.1 Å². The molecule has 0 aliphatic carbocycles. The van der Waals surface area contributed by atoms with Crippen LogP contribution in [-0.4, -0.2) is 37.6 Å². The number of hydrogen-bond donors (Lipinski definition) is 1. The molecular formula is C21H22N4O3. The number of fused-ring (bicyclic) bond motifs is 4. The van der Waals surface area contributed by atoms with Gasteiger partial charge in [-0.1, -0.05) is 0 Å². The molecule has 1 saturated heterocycles. The highest BCUT2D eigenvalue weighted by molar-refractivity contribution is 5.65. The zero-order valence-electron chi connectivity index (χ0n) is 15.5. The van der Waals surface area contributed by atoms with E-state index in [0.717, 1.165) is 48.6 Å². The Morgan fingerprint density at radius 1 is 1.07 bits per heavy atom. The summed E-state index contributed by atoms with van der Waals surface area (Å²) in [6, 6.07) is 7.32. The number of rotatable bonds is 4. The van der Waals surface area contributed by atoms with Crippen molar-refractivity contribution in [2.75, 3.05) is 13.1 Å². The van der Waals surface area contributed by atoms with Gasteiger partial charge in [0.1, 0.15) is 24.5 Å². The highest BCUT2D eigenvalue weighted by atomic mass is 16.4. The number of nitrogens with zero attached hydrogens (tertiary/aromatic N) is 4. The third-order valence-corrected chi connectivity index (χ3v) is 5.79. The summed E-state index contributed by atoms with van der Waals surface area (Å²) in [5, 5.41) is 9.21. The number of aromatic nitrogens is 3. The van der Waals surface area contributed by atoms with Gasteiger partial charge in [-0.2, -0.15) is 0 Å². The average molecular weight is 378 g/mol. The van der Waals surface area contributed by atoms with Crippen molar-refractivity contribution in [3.05, 3.63) is 70.6 Å². The fraction of sp³-hybridized carbons (Fsp3) is 0.381. The number of furan rings is 1. The van der Waals surface area contributed by atoms with Crippen molar-refractivity contribution >= 4 is 0 Å². The Morgan fingerprint density at radius 3 is 2.68 bits per heavy atom. The first-order valence-corrected chi connectivity index (χ1v) is 9.61. The van der Waals surface area contributed by atoms with Crippen molar-refractivity contribution in [2.45, 2.75) is 32.0 Å². The van der Waals surface area contributed by atoms with E-state index in [4.69, 9.17) is 4.42 Å². The second-order valence-electron chi connectivity index (χ2n) is 7.73. The van der Waals surface area contributed by atoms with Gasteiger partial charge in [-0.25, -0.2) is 9.97 Å². The highest BCUT2D eigenvalue weighted by Gasteiger charge is 2.36. The Morgan fingerprint density at radius 2 is 1.89 bits per heavy atom. The van der Waals surface area contributed by atoms with Crippen LogP contribution in [0.2, 0.25) is 0 Å². The normalized spacial score (nSPS) is 21.5. The lowest BCUT2D eigenvalue weighted by molar-refractivity contribution is 0.107. The van der Waals surface area contributed by atoms with Gasteiger partial charge in [0.15, 0.2) is 0 Å². The molecule has 2 atom stereocenters. The molecule has 28 heavy (non-hydrogen) atoms. The summed E-state index contributed by atoms with van der Waals surface area (Å²) in [4.78, 5) is 23.3. The Hall–Kier alpha value is -2.77. The lowest BCUT2D eigenvalue weighted by Crippen LogP contribution is -2.47. The molecule has 0 spiro atoms. The van der Waals surface area contributed by atoms with E-state index in [1.165, 1.54) is 6.33 Å². The second kappa shape index (κ2) is 7.00. The van der Waals surface area contributed by atoms with Crippen molar-refractivity contribution in [1.29, 1.82) is 0 Å². The van der Waals surface area contributed by atoms with Gasteiger partial charge in [0.25, 0.3) is 5.56 Å². The highest BCUT2D eigenvalue weighted by Crippen LogP contribution is 2.39.